The lowest BCUT2D eigenvalue weighted by Crippen LogP contribution is -2.55. The van der Waals surface area contributed by atoms with Crippen LogP contribution in [0.4, 0.5) is 4.79 Å². The number of aromatic hydroxyl groups is 1. The average molecular weight is 714 g/mol. The molecule has 10 heteroatoms. The molecule has 0 aromatic heterocycles. The third-order valence-electron chi connectivity index (χ3n) is 7.96. The van der Waals surface area contributed by atoms with E-state index in [0.717, 1.165) is 24.0 Å². The third-order valence-corrected chi connectivity index (χ3v) is 7.96. The first-order valence-corrected chi connectivity index (χ1v) is 17.9. The zero-order valence-electron chi connectivity index (χ0n) is 31.6. The molecule has 0 aliphatic heterocycles. The van der Waals surface area contributed by atoms with Crippen molar-refractivity contribution >= 4 is 30.0 Å². The first-order valence-electron chi connectivity index (χ1n) is 17.9. The number of nitrogens with one attached hydrogen (secondary N) is 2. The largest absolute Gasteiger partial charge is 0.508 e. The Morgan fingerprint density at radius 1 is 0.788 bits per heavy atom. The molecule has 0 aliphatic rings. The molecule has 280 valence electrons. The van der Waals surface area contributed by atoms with Crippen LogP contribution in [0, 0.1) is 0 Å². The number of amides is 3. The highest BCUT2D eigenvalue weighted by atomic mass is 16.6. The van der Waals surface area contributed by atoms with Crippen molar-refractivity contribution in [3.05, 3.63) is 108 Å². The molecule has 0 bridgehead atoms. The summed E-state index contributed by atoms with van der Waals surface area (Å²) < 4.78 is 11.3. The number of phenols is 1. The summed E-state index contributed by atoms with van der Waals surface area (Å²) in [5, 5.41) is 15.6. The van der Waals surface area contributed by atoms with Crippen LogP contribution in [0.15, 0.2) is 85.4 Å². The minimum atomic E-state index is -1.20. The fourth-order valence-corrected chi connectivity index (χ4v) is 5.61. The maximum Gasteiger partial charge on any atom is 0.408 e. The van der Waals surface area contributed by atoms with E-state index in [2.05, 4.69) is 17.2 Å². The first kappa shape index (κ1) is 41.3. The van der Waals surface area contributed by atoms with E-state index >= 15 is 0 Å². The molecule has 0 saturated heterocycles. The maximum atomic E-state index is 14.9. The van der Waals surface area contributed by atoms with Gasteiger partial charge in [-0.3, -0.25) is 9.59 Å². The molecule has 3 amide bonds. The van der Waals surface area contributed by atoms with Crippen LogP contribution < -0.4 is 10.6 Å². The molecule has 0 heterocycles. The summed E-state index contributed by atoms with van der Waals surface area (Å²) in [6.45, 7) is 16.6. The van der Waals surface area contributed by atoms with Crippen molar-refractivity contribution < 1.29 is 33.8 Å². The zero-order valence-corrected chi connectivity index (χ0v) is 31.6. The molecule has 3 unspecified atom stereocenters. The van der Waals surface area contributed by atoms with Gasteiger partial charge in [0.2, 0.25) is 11.8 Å². The molecule has 0 aliphatic carbocycles. The lowest BCUT2D eigenvalue weighted by molar-refractivity contribution is -0.159. The molecule has 0 fully saturated rings. The third kappa shape index (κ3) is 13.5. The molecular formula is C42H55N3O7. The smallest absolute Gasteiger partial charge is 0.408 e. The summed E-state index contributed by atoms with van der Waals surface area (Å²) in [5.74, 6) is -1.65. The van der Waals surface area contributed by atoms with Crippen LogP contribution in [-0.4, -0.2) is 63.7 Å². The number of rotatable bonds is 16. The average Bonchev–Trinajstić information content (AvgIpc) is 3.07. The minimum Gasteiger partial charge on any atom is -0.508 e. The number of carbonyl (C=O) groups is 4. The van der Waals surface area contributed by atoms with Crippen LogP contribution in [0.2, 0.25) is 0 Å². The number of carbonyl (C=O) groups excluding carboxylic acids is 4. The van der Waals surface area contributed by atoms with E-state index in [-0.39, 0.29) is 25.1 Å². The number of unbranched alkanes of at least 4 members (excludes halogenated alkanes) is 2. The van der Waals surface area contributed by atoms with Gasteiger partial charge in [0.15, 0.2) is 0 Å². The van der Waals surface area contributed by atoms with Gasteiger partial charge in [0, 0.05) is 19.4 Å². The Bertz CT molecular complexity index is 1640. The van der Waals surface area contributed by atoms with Crippen molar-refractivity contribution in [1.82, 2.24) is 15.5 Å². The predicted molar refractivity (Wildman–Crippen MR) is 203 cm³/mol. The van der Waals surface area contributed by atoms with E-state index in [9.17, 15) is 24.3 Å². The molecule has 0 spiro atoms. The number of alkyl carbamates (subject to hydrolysis) is 1. The number of hydrogen-bond acceptors (Lipinski definition) is 7. The quantitative estimate of drug-likeness (QED) is 0.105. The van der Waals surface area contributed by atoms with Gasteiger partial charge in [0.1, 0.15) is 35.1 Å². The van der Waals surface area contributed by atoms with Crippen molar-refractivity contribution in [2.75, 3.05) is 6.54 Å². The second kappa shape index (κ2) is 18.9. The van der Waals surface area contributed by atoms with Gasteiger partial charge in [-0.25, -0.2) is 9.59 Å². The number of benzene rings is 3. The lowest BCUT2D eigenvalue weighted by Gasteiger charge is -2.35. The van der Waals surface area contributed by atoms with Gasteiger partial charge >= 0.3 is 12.1 Å². The highest BCUT2D eigenvalue weighted by molar-refractivity contribution is 5.94. The van der Waals surface area contributed by atoms with Gasteiger partial charge in [-0.1, -0.05) is 93.1 Å². The summed E-state index contributed by atoms with van der Waals surface area (Å²) in [4.78, 5) is 57.9. The number of hydrogen-bond donors (Lipinski definition) is 3. The highest BCUT2D eigenvalue weighted by Gasteiger charge is 2.38. The normalized spacial score (nSPS) is 13.2. The van der Waals surface area contributed by atoms with Crippen LogP contribution in [-0.2, 0) is 36.7 Å². The van der Waals surface area contributed by atoms with Gasteiger partial charge in [-0.2, -0.15) is 0 Å². The van der Waals surface area contributed by atoms with Gasteiger partial charge in [-0.05, 0) is 88.4 Å². The molecule has 52 heavy (non-hydrogen) atoms. The summed E-state index contributed by atoms with van der Waals surface area (Å²) in [6.07, 6.45) is 3.29. The molecule has 3 aromatic rings. The molecule has 3 atom stereocenters. The van der Waals surface area contributed by atoms with Crippen molar-refractivity contribution in [1.29, 1.82) is 0 Å². The Morgan fingerprint density at radius 3 is 2.00 bits per heavy atom. The summed E-state index contributed by atoms with van der Waals surface area (Å²) in [7, 11) is 0. The molecule has 3 rings (SSSR count). The fourth-order valence-electron chi connectivity index (χ4n) is 5.61. The van der Waals surface area contributed by atoms with Crippen molar-refractivity contribution in [2.45, 2.75) is 110 Å². The van der Waals surface area contributed by atoms with Crippen LogP contribution >= 0.6 is 0 Å². The number of esters is 1. The van der Waals surface area contributed by atoms with Gasteiger partial charge in [0.05, 0.1) is 0 Å². The van der Waals surface area contributed by atoms with E-state index < -0.39 is 53.2 Å². The number of phenolic OH excluding ortho intramolecular Hbond substituents is 1. The Kier molecular flexibility index (Phi) is 15.0. The molecular weight excluding hydrogens is 658 g/mol. The molecule has 0 radical (unpaired) electrons. The first-order chi connectivity index (χ1) is 24.5. The Hall–Kier alpha value is -5.12. The van der Waals surface area contributed by atoms with Crippen molar-refractivity contribution in [2.24, 2.45) is 0 Å². The summed E-state index contributed by atoms with van der Waals surface area (Å²) in [5.41, 5.74) is 1.07. The van der Waals surface area contributed by atoms with E-state index in [1.807, 2.05) is 43.3 Å². The Morgan fingerprint density at radius 2 is 1.40 bits per heavy atom. The van der Waals surface area contributed by atoms with E-state index in [0.29, 0.717) is 17.5 Å². The molecule has 3 N–H and O–H groups in total. The minimum absolute atomic E-state index is 0.0538. The van der Waals surface area contributed by atoms with Crippen LogP contribution in [0.25, 0.3) is 6.08 Å². The molecule has 10 nitrogen and oxygen atoms in total. The van der Waals surface area contributed by atoms with Gasteiger partial charge < -0.3 is 30.1 Å². The zero-order chi connectivity index (χ0) is 38.5. The summed E-state index contributed by atoms with van der Waals surface area (Å²) >= 11 is 0. The van der Waals surface area contributed by atoms with Gasteiger partial charge in [0.25, 0.3) is 0 Å². The maximum absolute atomic E-state index is 14.9. The monoisotopic (exact) mass is 713 g/mol. The fraction of sp³-hybridized carbons (Fsp3) is 0.429. The topological polar surface area (TPSA) is 134 Å². The van der Waals surface area contributed by atoms with Crippen molar-refractivity contribution in [3.8, 4) is 5.75 Å². The highest BCUT2D eigenvalue weighted by Crippen LogP contribution is 2.27. The van der Waals surface area contributed by atoms with Crippen molar-refractivity contribution in [3.63, 3.8) is 0 Å². The van der Waals surface area contributed by atoms with E-state index in [1.54, 1.807) is 78.0 Å². The van der Waals surface area contributed by atoms with Gasteiger partial charge in [-0.15, -0.1) is 0 Å². The number of nitrogens with zero attached hydrogens (tertiary/aromatic N) is 1. The van der Waals surface area contributed by atoms with Crippen LogP contribution in [0.5, 0.6) is 5.75 Å². The Labute approximate surface area is 308 Å². The second-order valence-corrected chi connectivity index (χ2v) is 14.9. The standard InChI is InChI=1S/C42H55N3O7/c1-9-11-15-25-45(38(48)34(44-40(50)52-42(6,7)8)27-31-21-23-33(46)24-22-31)36(32-20-16-19-29(10-2)26-32)37(47)43-35(39(49)51-41(3,4)5)28-30-17-13-12-14-18-30/h10,12-14,16-24,26,34-36,46H,2,9,11,15,25,27-28H2,1,3-8H3,(H,43,47)(H,44,50). The predicted octanol–water partition coefficient (Wildman–Crippen LogP) is 7.30. The van der Waals surface area contributed by atoms with E-state index in [1.165, 1.54) is 17.0 Å². The second-order valence-electron chi connectivity index (χ2n) is 14.9. The molecule has 0 saturated carbocycles. The Balaban J connectivity index is 2.15. The number of ether oxygens (including phenoxy) is 2. The SMILES string of the molecule is C=Cc1cccc(C(C(=O)NC(Cc2ccccc2)C(=O)OC(C)(C)C)N(CCCCC)C(=O)C(Cc2ccc(O)cc2)NC(=O)OC(C)(C)C)c1. The molecule has 3 aromatic carbocycles. The van der Waals surface area contributed by atoms with E-state index in [4.69, 9.17) is 9.47 Å². The van der Waals surface area contributed by atoms with Crippen LogP contribution in [0.1, 0.15) is 96.0 Å². The lowest BCUT2D eigenvalue weighted by atomic mass is 9.97. The summed E-state index contributed by atoms with van der Waals surface area (Å²) in [6, 6.07) is 19.4. The van der Waals surface area contributed by atoms with Crippen LogP contribution in [0.3, 0.4) is 0 Å².